The van der Waals surface area contributed by atoms with E-state index in [1.54, 1.807) is 24.3 Å². The third kappa shape index (κ3) is 4.14. The summed E-state index contributed by atoms with van der Waals surface area (Å²) in [6.45, 7) is 5.75. The highest BCUT2D eigenvalue weighted by Gasteiger charge is 2.26. The molecule has 0 bridgehead atoms. The van der Waals surface area contributed by atoms with Crippen LogP contribution in [-0.4, -0.2) is 29.9 Å². The summed E-state index contributed by atoms with van der Waals surface area (Å²) in [6.07, 6.45) is 0. The number of methoxy groups -OCH3 is 1. The molecular weight excluding hydrogens is 374 g/mol. The van der Waals surface area contributed by atoms with E-state index in [4.69, 9.17) is 4.74 Å². The Balaban J connectivity index is 1.78. The molecule has 0 saturated carbocycles. The lowest BCUT2D eigenvalue weighted by molar-refractivity contribution is -0.118. The number of para-hydroxylation sites is 2. The minimum absolute atomic E-state index is 0.102. The lowest BCUT2D eigenvalue weighted by Gasteiger charge is -2.21. The molecule has 0 radical (unpaired) electrons. The van der Waals surface area contributed by atoms with E-state index >= 15 is 0 Å². The summed E-state index contributed by atoms with van der Waals surface area (Å²) in [5.41, 5.74) is 2.32. The second kappa shape index (κ2) is 8.39. The predicted octanol–water partition coefficient (Wildman–Crippen LogP) is 4.01. The summed E-state index contributed by atoms with van der Waals surface area (Å²) in [5.74, 6) is -0.291. The van der Waals surface area contributed by atoms with Gasteiger partial charge in [0.05, 0.1) is 22.9 Å². The van der Waals surface area contributed by atoms with Crippen LogP contribution in [0.2, 0.25) is 0 Å². The van der Waals surface area contributed by atoms with Crippen LogP contribution in [0.4, 0.5) is 5.13 Å². The number of rotatable bonds is 6. The van der Waals surface area contributed by atoms with Crippen LogP contribution in [0.15, 0.2) is 42.5 Å². The summed E-state index contributed by atoms with van der Waals surface area (Å²) >= 11 is 1.41. The van der Waals surface area contributed by atoms with Crippen molar-refractivity contribution >= 4 is 38.5 Å². The summed E-state index contributed by atoms with van der Waals surface area (Å²) in [6, 6.07) is 12.1. The van der Waals surface area contributed by atoms with Crippen LogP contribution in [0.3, 0.4) is 0 Å². The van der Waals surface area contributed by atoms with Gasteiger partial charge in [0, 0.05) is 0 Å². The van der Waals surface area contributed by atoms with Gasteiger partial charge >= 0.3 is 0 Å². The van der Waals surface area contributed by atoms with E-state index in [1.165, 1.54) is 18.4 Å². The van der Waals surface area contributed by atoms with Crippen molar-refractivity contribution in [3.05, 3.63) is 53.6 Å². The van der Waals surface area contributed by atoms with Crippen molar-refractivity contribution in [2.75, 3.05) is 12.4 Å². The van der Waals surface area contributed by atoms with Gasteiger partial charge in [-0.25, -0.2) is 4.98 Å². The fourth-order valence-corrected chi connectivity index (χ4v) is 3.86. The molecule has 1 atom stereocenters. The van der Waals surface area contributed by atoms with E-state index in [0.717, 1.165) is 15.8 Å². The summed E-state index contributed by atoms with van der Waals surface area (Å²) in [4.78, 5) is 30.1. The Morgan fingerprint density at radius 2 is 1.86 bits per heavy atom. The molecule has 0 fully saturated rings. The SMILES string of the molecule is COc1ccccc1C(=O)NC(C(=O)Nc1nc2c(C)cccc2s1)C(C)C. The molecule has 1 unspecified atom stereocenters. The second-order valence-corrected chi connectivity index (χ2v) is 7.86. The molecule has 6 nitrogen and oxygen atoms in total. The van der Waals surface area contributed by atoms with Gasteiger partial charge in [-0.15, -0.1) is 0 Å². The van der Waals surface area contributed by atoms with Gasteiger partial charge in [0.2, 0.25) is 5.91 Å². The lowest BCUT2D eigenvalue weighted by atomic mass is 10.0. The van der Waals surface area contributed by atoms with Gasteiger partial charge in [-0.1, -0.05) is 49.4 Å². The third-order valence-corrected chi connectivity index (χ3v) is 5.37. The highest BCUT2D eigenvalue weighted by Crippen LogP contribution is 2.28. The van der Waals surface area contributed by atoms with Crippen molar-refractivity contribution in [2.24, 2.45) is 5.92 Å². The highest BCUT2D eigenvalue weighted by molar-refractivity contribution is 7.22. The summed E-state index contributed by atoms with van der Waals surface area (Å²) in [7, 11) is 1.51. The molecule has 7 heteroatoms. The first kappa shape index (κ1) is 19.8. The van der Waals surface area contributed by atoms with E-state index in [2.05, 4.69) is 15.6 Å². The Morgan fingerprint density at radius 3 is 2.54 bits per heavy atom. The predicted molar refractivity (Wildman–Crippen MR) is 112 cm³/mol. The van der Waals surface area contributed by atoms with Gasteiger partial charge in [-0.05, 0) is 36.6 Å². The number of hydrogen-bond acceptors (Lipinski definition) is 5. The maximum absolute atomic E-state index is 12.8. The number of carbonyl (C=O) groups is 2. The maximum atomic E-state index is 12.8. The number of hydrogen-bond donors (Lipinski definition) is 2. The summed E-state index contributed by atoms with van der Waals surface area (Å²) in [5, 5.41) is 6.19. The zero-order chi connectivity index (χ0) is 20.3. The van der Waals surface area contributed by atoms with Crippen LogP contribution in [0.25, 0.3) is 10.2 Å². The van der Waals surface area contributed by atoms with Gasteiger partial charge in [0.1, 0.15) is 11.8 Å². The largest absolute Gasteiger partial charge is 0.496 e. The number of aryl methyl sites for hydroxylation is 1. The van der Waals surface area contributed by atoms with Gasteiger partial charge < -0.3 is 15.4 Å². The molecule has 2 aromatic carbocycles. The molecule has 1 aromatic heterocycles. The maximum Gasteiger partial charge on any atom is 0.255 e. The van der Waals surface area contributed by atoms with Crippen molar-refractivity contribution < 1.29 is 14.3 Å². The van der Waals surface area contributed by atoms with Crippen molar-refractivity contribution in [3.63, 3.8) is 0 Å². The van der Waals surface area contributed by atoms with E-state index in [-0.39, 0.29) is 17.7 Å². The topological polar surface area (TPSA) is 80.3 Å². The molecule has 28 heavy (non-hydrogen) atoms. The first-order valence-corrected chi connectivity index (χ1v) is 9.83. The zero-order valence-electron chi connectivity index (χ0n) is 16.3. The molecule has 0 aliphatic heterocycles. The van der Waals surface area contributed by atoms with Crippen molar-refractivity contribution in [2.45, 2.75) is 26.8 Å². The Labute approximate surface area is 167 Å². The molecule has 3 aromatic rings. The van der Waals surface area contributed by atoms with E-state index in [1.807, 2.05) is 39.0 Å². The van der Waals surface area contributed by atoms with Gasteiger partial charge in [-0.2, -0.15) is 0 Å². The average Bonchev–Trinajstić information content (AvgIpc) is 3.09. The van der Waals surface area contributed by atoms with E-state index in [9.17, 15) is 9.59 Å². The normalized spacial score (nSPS) is 12.0. The van der Waals surface area contributed by atoms with Gasteiger partial charge in [-0.3, -0.25) is 9.59 Å². The first-order chi connectivity index (χ1) is 13.4. The molecule has 0 aliphatic carbocycles. The Bertz CT molecular complexity index is 1010. The van der Waals surface area contributed by atoms with Crippen molar-refractivity contribution in [3.8, 4) is 5.75 Å². The van der Waals surface area contributed by atoms with Crippen molar-refractivity contribution in [1.29, 1.82) is 0 Å². The molecule has 2 amide bonds. The molecule has 1 heterocycles. The Morgan fingerprint density at radius 1 is 1.11 bits per heavy atom. The van der Waals surface area contributed by atoms with Crippen LogP contribution in [0, 0.1) is 12.8 Å². The molecule has 0 saturated heterocycles. The Hall–Kier alpha value is -2.93. The average molecular weight is 398 g/mol. The molecule has 0 aliphatic rings. The van der Waals surface area contributed by atoms with Crippen LogP contribution in [0.5, 0.6) is 5.75 Å². The second-order valence-electron chi connectivity index (χ2n) is 6.83. The number of benzene rings is 2. The highest BCUT2D eigenvalue weighted by atomic mass is 32.1. The number of thiazole rings is 1. The monoisotopic (exact) mass is 397 g/mol. The van der Waals surface area contributed by atoms with E-state index in [0.29, 0.717) is 16.4 Å². The fourth-order valence-electron chi connectivity index (χ4n) is 2.91. The van der Waals surface area contributed by atoms with Gasteiger partial charge in [0.15, 0.2) is 5.13 Å². The molecular formula is C21H23N3O3S. The summed E-state index contributed by atoms with van der Waals surface area (Å²) < 4.78 is 6.25. The number of anilines is 1. The number of ether oxygens (including phenoxy) is 1. The van der Waals surface area contributed by atoms with Gasteiger partial charge in [0.25, 0.3) is 5.91 Å². The number of carbonyl (C=O) groups excluding carboxylic acids is 2. The molecule has 2 N–H and O–H groups in total. The molecule has 0 spiro atoms. The number of nitrogens with zero attached hydrogens (tertiary/aromatic N) is 1. The number of fused-ring (bicyclic) bond motifs is 1. The fraction of sp³-hybridized carbons (Fsp3) is 0.286. The zero-order valence-corrected chi connectivity index (χ0v) is 17.1. The third-order valence-electron chi connectivity index (χ3n) is 4.44. The quantitative estimate of drug-likeness (QED) is 0.659. The number of aromatic nitrogens is 1. The Kier molecular flexibility index (Phi) is 5.94. The minimum atomic E-state index is -0.703. The number of nitrogens with one attached hydrogen (secondary N) is 2. The van der Waals surface area contributed by atoms with Crippen molar-refractivity contribution in [1.82, 2.24) is 10.3 Å². The minimum Gasteiger partial charge on any atom is -0.496 e. The number of amides is 2. The van der Waals surface area contributed by atoms with Crippen LogP contribution >= 0.6 is 11.3 Å². The lowest BCUT2D eigenvalue weighted by Crippen LogP contribution is -2.47. The molecule has 3 rings (SSSR count). The van der Waals surface area contributed by atoms with E-state index < -0.39 is 6.04 Å². The first-order valence-electron chi connectivity index (χ1n) is 9.01. The standard InChI is InChI=1S/C21H23N3O3S/c1-12(2)17(22-19(25)14-9-5-6-10-15(14)27-4)20(26)24-21-23-18-13(3)8-7-11-16(18)28-21/h5-12,17H,1-4H3,(H,22,25)(H,23,24,26). The molecule has 146 valence electrons. The van der Waals surface area contributed by atoms with Crippen LogP contribution in [0.1, 0.15) is 29.8 Å². The van der Waals surface area contributed by atoms with Crippen LogP contribution in [-0.2, 0) is 4.79 Å². The smallest absolute Gasteiger partial charge is 0.255 e. The van der Waals surface area contributed by atoms with Crippen LogP contribution < -0.4 is 15.4 Å².